The van der Waals surface area contributed by atoms with Crippen molar-refractivity contribution in [2.24, 2.45) is 5.73 Å². The van der Waals surface area contributed by atoms with E-state index in [2.05, 4.69) is 0 Å². The molecule has 88 valence electrons. The first-order chi connectivity index (χ1) is 7.53. The summed E-state index contributed by atoms with van der Waals surface area (Å²) >= 11 is 0. The lowest BCUT2D eigenvalue weighted by Gasteiger charge is -2.35. The van der Waals surface area contributed by atoms with Crippen molar-refractivity contribution < 1.29 is 8.78 Å². The summed E-state index contributed by atoms with van der Waals surface area (Å²) in [5.41, 5.74) is 7.37. The van der Waals surface area contributed by atoms with Crippen molar-refractivity contribution in [3.8, 4) is 0 Å². The summed E-state index contributed by atoms with van der Waals surface area (Å²) < 4.78 is 26.3. The number of benzene rings is 1. The Kier molecular flexibility index (Phi) is 2.98. The first-order valence-electron chi connectivity index (χ1n) is 5.78. The molecule has 1 aliphatic rings. The Bertz CT molecular complexity index is 395. The first-order valence-corrected chi connectivity index (χ1v) is 5.78. The predicted molar refractivity (Wildman–Crippen MR) is 60.0 cm³/mol. The zero-order chi connectivity index (χ0) is 11.8. The van der Waals surface area contributed by atoms with Crippen LogP contribution in [-0.2, 0) is 5.54 Å². The highest BCUT2D eigenvalue weighted by Crippen LogP contribution is 2.36. The molecule has 1 saturated carbocycles. The molecule has 1 aromatic carbocycles. The molecule has 0 heterocycles. The quantitative estimate of drug-likeness (QED) is 0.779. The number of hydrogen-bond acceptors (Lipinski definition) is 1. The van der Waals surface area contributed by atoms with Crippen LogP contribution >= 0.6 is 0 Å². The predicted octanol–water partition coefficient (Wildman–Crippen LogP) is 3.39. The van der Waals surface area contributed by atoms with Crippen LogP contribution < -0.4 is 5.73 Å². The van der Waals surface area contributed by atoms with Gasteiger partial charge in [0.2, 0.25) is 0 Å². The van der Waals surface area contributed by atoms with Crippen molar-refractivity contribution in [1.82, 2.24) is 0 Å². The topological polar surface area (TPSA) is 26.0 Å². The highest BCUT2D eigenvalue weighted by atomic mass is 19.2. The summed E-state index contributed by atoms with van der Waals surface area (Å²) in [4.78, 5) is 0. The molecule has 0 aliphatic heterocycles. The van der Waals surface area contributed by atoms with Gasteiger partial charge in [-0.05, 0) is 43.0 Å². The van der Waals surface area contributed by atoms with E-state index in [1.165, 1.54) is 18.6 Å². The zero-order valence-electron chi connectivity index (χ0n) is 9.52. The van der Waals surface area contributed by atoms with Crippen LogP contribution in [0.1, 0.15) is 43.2 Å². The molecule has 0 radical (unpaired) electrons. The van der Waals surface area contributed by atoms with Crippen LogP contribution in [0.2, 0.25) is 0 Å². The fourth-order valence-corrected chi connectivity index (χ4v) is 2.63. The highest BCUT2D eigenvalue weighted by molar-refractivity contribution is 5.34. The van der Waals surface area contributed by atoms with Gasteiger partial charge in [0.05, 0.1) is 0 Å². The second-order valence-electron chi connectivity index (χ2n) is 4.80. The second-order valence-corrected chi connectivity index (χ2v) is 4.80. The average Bonchev–Trinajstić information content (AvgIpc) is 2.24. The van der Waals surface area contributed by atoms with Gasteiger partial charge in [-0.3, -0.25) is 0 Å². The van der Waals surface area contributed by atoms with Crippen LogP contribution in [0, 0.1) is 18.6 Å². The smallest absolute Gasteiger partial charge is 0.159 e. The lowest BCUT2D eigenvalue weighted by molar-refractivity contribution is 0.299. The molecule has 2 rings (SSSR count). The van der Waals surface area contributed by atoms with Gasteiger partial charge in [-0.1, -0.05) is 19.3 Å². The second kappa shape index (κ2) is 4.13. The normalized spacial score (nSPS) is 19.8. The molecular weight excluding hydrogens is 208 g/mol. The average molecular weight is 225 g/mol. The minimum atomic E-state index is -0.795. The maximum absolute atomic E-state index is 13.3. The van der Waals surface area contributed by atoms with E-state index in [1.807, 2.05) is 0 Å². The molecule has 0 atom stereocenters. The Balaban J connectivity index is 2.42. The number of rotatable bonds is 1. The summed E-state index contributed by atoms with van der Waals surface area (Å²) in [6.07, 6.45) is 5.03. The van der Waals surface area contributed by atoms with E-state index in [0.29, 0.717) is 0 Å². The Morgan fingerprint density at radius 3 is 2.25 bits per heavy atom. The molecule has 0 saturated heterocycles. The molecule has 0 bridgehead atoms. The van der Waals surface area contributed by atoms with Crippen molar-refractivity contribution in [3.05, 3.63) is 34.9 Å². The Morgan fingerprint density at radius 1 is 1.06 bits per heavy atom. The molecule has 0 aromatic heterocycles. The third kappa shape index (κ3) is 1.96. The van der Waals surface area contributed by atoms with E-state index in [-0.39, 0.29) is 0 Å². The monoisotopic (exact) mass is 225 g/mol. The zero-order valence-corrected chi connectivity index (χ0v) is 9.52. The van der Waals surface area contributed by atoms with E-state index in [9.17, 15) is 8.78 Å². The van der Waals surface area contributed by atoms with Crippen molar-refractivity contribution in [3.63, 3.8) is 0 Å². The van der Waals surface area contributed by atoms with Crippen LogP contribution in [0.5, 0.6) is 0 Å². The van der Waals surface area contributed by atoms with Crippen molar-refractivity contribution >= 4 is 0 Å². The van der Waals surface area contributed by atoms with Crippen molar-refractivity contribution in [2.75, 3.05) is 0 Å². The summed E-state index contributed by atoms with van der Waals surface area (Å²) in [5, 5.41) is 0. The van der Waals surface area contributed by atoms with Gasteiger partial charge in [0.15, 0.2) is 11.6 Å². The van der Waals surface area contributed by atoms with Crippen LogP contribution in [-0.4, -0.2) is 0 Å². The fourth-order valence-electron chi connectivity index (χ4n) is 2.63. The first kappa shape index (κ1) is 11.5. The Labute approximate surface area is 94.7 Å². The summed E-state index contributed by atoms with van der Waals surface area (Å²) in [7, 11) is 0. The largest absolute Gasteiger partial charge is 0.321 e. The third-order valence-corrected chi connectivity index (χ3v) is 3.55. The molecule has 1 aromatic rings. The molecule has 1 nitrogen and oxygen atoms in total. The molecule has 0 unspecified atom stereocenters. The van der Waals surface area contributed by atoms with E-state index >= 15 is 0 Å². The van der Waals surface area contributed by atoms with Crippen LogP contribution in [0.4, 0.5) is 8.78 Å². The molecule has 0 amide bonds. The third-order valence-electron chi connectivity index (χ3n) is 3.55. The van der Waals surface area contributed by atoms with Crippen LogP contribution in [0.25, 0.3) is 0 Å². The Morgan fingerprint density at radius 2 is 1.62 bits per heavy atom. The lowest BCUT2D eigenvalue weighted by atomic mass is 9.76. The Hall–Kier alpha value is -0.960. The molecule has 3 heteroatoms. The molecule has 2 N–H and O–H groups in total. The van der Waals surface area contributed by atoms with Crippen LogP contribution in [0.3, 0.4) is 0 Å². The van der Waals surface area contributed by atoms with Gasteiger partial charge in [-0.15, -0.1) is 0 Å². The fraction of sp³-hybridized carbons (Fsp3) is 0.538. The maximum atomic E-state index is 13.3. The van der Waals surface area contributed by atoms with Gasteiger partial charge in [-0.2, -0.15) is 0 Å². The minimum Gasteiger partial charge on any atom is -0.321 e. The van der Waals surface area contributed by atoms with Gasteiger partial charge >= 0.3 is 0 Å². The van der Waals surface area contributed by atoms with E-state index in [4.69, 9.17) is 5.73 Å². The van der Waals surface area contributed by atoms with Gasteiger partial charge in [0.25, 0.3) is 0 Å². The summed E-state index contributed by atoms with van der Waals surface area (Å²) in [6.45, 7) is 1.79. The van der Waals surface area contributed by atoms with Crippen molar-refractivity contribution in [1.29, 1.82) is 0 Å². The maximum Gasteiger partial charge on any atom is 0.159 e. The number of halogens is 2. The molecule has 1 aliphatic carbocycles. The van der Waals surface area contributed by atoms with E-state index < -0.39 is 17.2 Å². The minimum absolute atomic E-state index is 0.461. The van der Waals surface area contributed by atoms with Crippen LogP contribution in [0.15, 0.2) is 12.1 Å². The van der Waals surface area contributed by atoms with Gasteiger partial charge < -0.3 is 5.73 Å². The number of aryl methyl sites for hydroxylation is 1. The molecular formula is C13H17F2N. The highest BCUT2D eigenvalue weighted by Gasteiger charge is 2.31. The van der Waals surface area contributed by atoms with E-state index in [0.717, 1.165) is 36.8 Å². The van der Waals surface area contributed by atoms with Gasteiger partial charge in [-0.25, -0.2) is 8.78 Å². The van der Waals surface area contributed by atoms with Crippen molar-refractivity contribution in [2.45, 2.75) is 44.6 Å². The summed E-state index contributed by atoms with van der Waals surface area (Å²) in [5.74, 6) is -1.59. The van der Waals surface area contributed by atoms with Gasteiger partial charge in [0.1, 0.15) is 0 Å². The molecule has 1 fully saturated rings. The molecule has 16 heavy (non-hydrogen) atoms. The number of hydrogen-bond donors (Lipinski definition) is 1. The van der Waals surface area contributed by atoms with Gasteiger partial charge in [0, 0.05) is 5.54 Å². The van der Waals surface area contributed by atoms with E-state index in [1.54, 1.807) is 6.92 Å². The summed E-state index contributed by atoms with van der Waals surface area (Å²) in [6, 6.07) is 2.52. The lowest BCUT2D eigenvalue weighted by Crippen LogP contribution is -2.39. The standard InChI is InChI=1S/C13H17F2N/c1-9-7-11(14)12(15)8-10(9)13(16)5-3-2-4-6-13/h7-8H,2-6,16H2,1H3. The number of nitrogens with two attached hydrogens (primary N) is 1. The SMILES string of the molecule is Cc1cc(F)c(F)cc1C1(N)CCCCC1. The molecule has 0 spiro atoms.